The van der Waals surface area contributed by atoms with Gasteiger partial charge in [0.05, 0.1) is 13.7 Å². The number of aromatic nitrogens is 1. The van der Waals surface area contributed by atoms with Gasteiger partial charge in [-0.25, -0.2) is 4.98 Å². The largest absolute Gasteiger partial charge is 0.497 e. The van der Waals surface area contributed by atoms with E-state index in [4.69, 9.17) is 4.74 Å². The summed E-state index contributed by atoms with van der Waals surface area (Å²) in [6.07, 6.45) is -3.65. The Morgan fingerprint density at radius 1 is 1.31 bits per heavy atom. The number of halogens is 4. The minimum atomic E-state index is -4.41. The van der Waals surface area contributed by atoms with Gasteiger partial charge < -0.3 is 15.4 Å². The van der Waals surface area contributed by atoms with E-state index in [-0.39, 0.29) is 30.5 Å². The monoisotopic (exact) mass is 500 g/mol. The number of thiazole rings is 1. The molecule has 0 saturated carbocycles. The van der Waals surface area contributed by atoms with Gasteiger partial charge in [-0.2, -0.15) is 13.2 Å². The second-order valence-electron chi connectivity index (χ2n) is 5.08. The van der Waals surface area contributed by atoms with Crippen LogP contribution in [0.2, 0.25) is 0 Å². The molecule has 0 aliphatic heterocycles. The Morgan fingerprint density at radius 3 is 2.69 bits per heavy atom. The van der Waals surface area contributed by atoms with Crippen LogP contribution in [0.15, 0.2) is 34.6 Å². The lowest BCUT2D eigenvalue weighted by molar-refractivity contribution is -0.140. The molecule has 5 nitrogen and oxygen atoms in total. The lowest BCUT2D eigenvalue weighted by Crippen LogP contribution is -2.37. The predicted molar refractivity (Wildman–Crippen MR) is 107 cm³/mol. The van der Waals surface area contributed by atoms with Crippen LogP contribution in [0.1, 0.15) is 16.3 Å². The van der Waals surface area contributed by atoms with Crippen LogP contribution in [-0.4, -0.2) is 31.6 Å². The number of benzene rings is 1. The minimum absolute atomic E-state index is 0. The molecule has 0 bridgehead atoms. The van der Waals surface area contributed by atoms with E-state index in [0.717, 1.165) is 34.5 Å². The maximum Gasteiger partial charge on any atom is 0.434 e. The second-order valence-corrected chi connectivity index (χ2v) is 6.02. The van der Waals surface area contributed by atoms with Gasteiger partial charge in [0, 0.05) is 19.0 Å². The quantitative estimate of drug-likeness (QED) is 0.361. The van der Waals surface area contributed by atoms with Gasteiger partial charge in [-0.3, -0.25) is 4.99 Å². The highest BCUT2D eigenvalue weighted by atomic mass is 127. The van der Waals surface area contributed by atoms with Crippen LogP contribution in [-0.2, 0) is 19.1 Å². The molecule has 1 heterocycles. The molecule has 1 aromatic carbocycles. The summed E-state index contributed by atoms with van der Waals surface area (Å²) in [4.78, 5) is 7.62. The molecule has 0 spiro atoms. The van der Waals surface area contributed by atoms with E-state index in [1.165, 1.54) is 0 Å². The van der Waals surface area contributed by atoms with Gasteiger partial charge in [0.1, 0.15) is 10.8 Å². The molecule has 2 aromatic rings. The average Bonchev–Trinajstić information content (AvgIpc) is 3.07. The molecule has 26 heavy (non-hydrogen) atoms. The molecule has 0 unspecified atom stereocenters. The summed E-state index contributed by atoms with van der Waals surface area (Å²) in [7, 11) is 3.22. The third kappa shape index (κ3) is 6.98. The van der Waals surface area contributed by atoms with Gasteiger partial charge in [-0.1, -0.05) is 12.1 Å². The van der Waals surface area contributed by atoms with Crippen molar-refractivity contribution in [2.75, 3.05) is 20.7 Å². The number of alkyl halides is 3. The Balaban J connectivity index is 0.00000338. The molecule has 0 saturated heterocycles. The van der Waals surface area contributed by atoms with Crippen molar-refractivity contribution in [1.82, 2.24) is 15.6 Å². The molecule has 2 N–H and O–H groups in total. The van der Waals surface area contributed by atoms with Crippen molar-refractivity contribution in [3.05, 3.63) is 45.9 Å². The molecule has 0 radical (unpaired) electrons. The van der Waals surface area contributed by atoms with Crippen molar-refractivity contribution < 1.29 is 17.9 Å². The summed E-state index contributed by atoms with van der Waals surface area (Å²) in [5, 5.41) is 7.43. The lowest BCUT2D eigenvalue weighted by Gasteiger charge is -2.11. The van der Waals surface area contributed by atoms with Gasteiger partial charge in [-0.15, -0.1) is 35.3 Å². The predicted octanol–water partition coefficient (Wildman–Crippen LogP) is 3.70. The Hall–Kier alpha value is -1.56. The number of aliphatic imine (C=N–C) groups is 1. The fourth-order valence-corrected chi connectivity index (χ4v) is 2.80. The smallest absolute Gasteiger partial charge is 0.434 e. The maximum absolute atomic E-state index is 12.5. The Morgan fingerprint density at radius 2 is 2.08 bits per heavy atom. The van der Waals surface area contributed by atoms with Crippen LogP contribution >= 0.6 is 35.3 Å². The van der Waals surface area contributed by atoms with E-state index in [1.54, 1.807) is 14.2 Å². The zero-order chi connectivity index (χ0) is 18.3. The molecule has 144 valence electrons. The lowest BCUT2D eigenvalue weighted by atomic mass is 10.1. The van der Waals surface area contributed by atoms with Crippen molar-refractivity contribution in [3.8, 4) is 5.75 Å². The molecule has 0 amide bonds. The second kappa shape index (κ2) is 10.6. The topological polar surface area (TPSA) is 58.5 Å². The number of methoxy groups -OCH3 is 1. The highest BCUT2D eigenvalue weighted by molar-refractivity contribution is 14.0. The molecule has 0 fully saturated rings. The van der Waals surface area contributed by atoms with Gasteiger partial charge in [-0.05, 0) is 24.1 Å². The third-order valence-electron chi connectivity index (χ3n) is 3.31. The third-order valence-corrected chi connectivity index (χ3v) is 4.16. The van der Waals surface area contributed by atoms with Crippen LogP contribution in [0.5, 0.6) is 5.75 Å². The highest BCUT2D eigenvalue weighted by Crippen LogP contribution is 2.29. The first-order valence-electron chi connectivity index (χ1n) is 7.51. The van der Waals surface area contributed by atoms with E-state index in [1.807, 2.05) is 24.3 Å². The number of hydrogen-bond acceptors (Lipinski definition) is 4. The molecule has 1 aromatic heterocycles. The number of hydrogen-bond donors (Lipinski definition) is 2. The summed E-state index contributed by atoms with van der Waals surface area (Å²) < 4.78 is 42.8. The fraction of sp³-hybridized carbons (Fsp3) is 0.375. The summed E-state index contributed by atoms with van der Waals surface area (Å²) in [6.45, 7) is 0.804. The van der Waals surface area contributed by atoms with E-state index in [9.17, 15) is 13.2 Å². The molecular formula is C16H20F3IN4OS. The van der Waals surface area contributed by atoms with E-state index in [0.29, 0.717) is 17.5 Å². The first-order valence-corrected chi connectivity index (χ1v) is 8.39. The summed E-state index contributed by atoms with van der Waals surface area (Å²) >= 11 is 0.963. The zero-order valence-corrected chi connectivity index (χ0v) is 17.4. The summed E-state index contributed by atoms with van der Waals surface area (Å²) in [5.74, 6) is 1.30. The molecule has 2 rings (SSSR count). The first-order chi connectivity index (χ1) is 11.9. The van der Waals surface area contributed by atoms with E-state index >= 15 is 0 Å². The average molecular weight is 500 g/mol. The van der Waals surface area contributed by atoms with Gasteiger partial charge in [0.15, 0.2) is 11.7 Å². The molecule has 0 aliphatic carbocycles. The van der Waals surface area contributed by atoms with Gasteiger partial charge >= 0.3 is 6.18 Å². The molecule has 0 atom stereocenters. The van der Waals surface area contributed by atoms with E-state index < -0.39 is 11.9 Å². The maximum atomic E-state index is 12.5. The van der Waals surface area contributed by atoms with Crippen LogP contribution < -0.4 is 15.4 Å². The molecular weight excluding hydrogens is 480 g/mol. The van der Waals surface area contributed by atoms with Crippen molar-refractivity contribution >= 4 is 41.3 Å². The van der Waals surface area contributed by atoms with Crippen LogP contribution in [0.25, 0.3) is 0 Å². The van der Waals surface area contributed by atoms with Crippen molar-refractivity contribution in [3.63, 3.8) is 0 Å². The zero-order valence-electron chi connectivity index (χ0n) is 14.3. The minimum Gasteiger partial charge on any atom is -0.497 e. The van der Waals surface area contributed by atoms with Crippen molar-refractivity contribution in [2.45, 2.75) is 19.1 Å². The van der Waals surface area contributed by atoms with Gasteiger partial charge in [0.25, 0.3) is 0 Å². The Bertz CT molecular complexity index is 722. The molecule has 10 heteroatoms. The number of nitrogens with one attached hydrogen (secondary N) is 2. The Kier molecular flexibility index (Phi) is 9.13. The highest BCUT2D eigenvalue weighted by Gasteiger charge is 2.33. The fourth-order valence-electron chi connectivity index (χ4n) is 2.06. The van der Waals surface area contributed by atoms with Gasteiger partial charge in [0.2, 0.25) is 0 Å². The van der Waals surface area contributed by atoms with Crippen LogP contribution in [0, 0.1) is 0 Å². The number of guanidine groups is 1. The number of rotatable bonds is 6. The Labute approximate surface area is 171 Å². The van der Waals surface area contributed by atoms with Crippen LogP contribution in [0.3, 0.4) is 0 Å². The number of ether oxygens (including phenoxy) is 1. The first kappa shape index (κ1) is 22.5. The normalized spacial score (nSPS) is 11.7. The summed E-state index contributed by atoms with van der Waals surface area (Å²) in [6, 6.07) is 7.74. The van der Waals surface area contributed by atoms with E-state index in [2.05, 4.69) is 20.6 Å². The van der Waals surface area contributed by atoms with Crippen molar-refractivity contribution in [2.24, 2.45) is 4.99 Å². The molecule has 0 aliphatic rings. The van der Waals surface area contributed by atoms with Crippen LogP contribution in [0.4, 0.5) is 13.2 Å². The van der Waals surface area contributed by atoms with Crippen molar-refractivity contribution in [1.29, 1.82) is 0 Å². The summed E-state index contributed by atoms with van der Waals surface area (Å²) in [5.41, 5.74) is 0.243. The number of nitrogens with zero attached hydrogens (tertiary/aromatic N) is 2. The SMILES string of the molecule is CN=C(NCCc1cccc(OC)c1)NCc1nc(C(F)(F)F)cs1.I. The standard InChI is InChI=1S/C16H19F3N4OS.HI/c1-20-15(21-7-6-11-4-3-5-12(8-11)24-2)22-9-14-23-13(10-25-14)16(17,18)19;/h3-5,8,10H,6-7,9H2,1-2H3,(H2,20,21,22);1H.